The van der Waals surface area contributed by atoms with Crippen molar-refractivity contribution in [1.82, 2.24) is 20.3 Å². The third kappa shape index (κ3) is 5.32. The van der Waals surface area contributed by atoms with Crippen molar-refractivity contribution in [2.75, 3.05) is 7.11 Å². The van der Waals surface area contributed by atoms with E-state index < -0.39 is 17.7 Å². The van der Waals surface area contributed by atoms with Crippen LogP contribution < -0.4 is 5.32 Å². The van der Waals surface area contributed by atoms with E-state index in [1.54, 1.807) is 27.9 Å². The van der Waals surface area contributed by atoms with Crippen molar-refractivity contribution in [3.05, 3.63) is 11.4 Å². The number of rotatable bonds is 6. The van der Waals surface area contributed by atoms with Crippen LogP contribution in [0.2, 0.25) is 0 Å². The normalized spacial score (nSPS) is 12.8. The number of aromatic nitrogens is 3. The average Bonchev–Trinajstić information content (AvgIpc) is 2.77. The van der Waals surface area contributed by atoms with Gasteiger partial charge < -0.3 is 19.9 Å². The van der Waals surface area contributed by atoms with Gasteiger partial charge in [-0.15, -0.1) is 5.10 Å². The number of carboxylic acids is 1. The molecular weight excluding hydrogens is 292 g/mol. The average molecular weight is 314 g/mol. The first-order chi connectivity index (χ1) is 10.1. The lowest BCUT2D eigenvalue weighted by atomic mass is 10.2. The summed E-state index contributed by atoms with van der Waals surface area (Å²) in [5, 5.41) is 19.0. The molecule has 0 fully saturated rings. The topological polar surface area (TPSA) is 116 Å². The lowest BCUT2D eigenvalue weighted by Crippen LogP contribution is -2.33. The Morgan fingerprint density at radius 1 is 1.41 bits per heavy atom. The predicted molar refractivity (Wildman–Crippen MR) is 76.5 cm³/mol. The zero-order chi connectivity index (χ0) is 16.9. The molecule has 9 heteroatoms. The van der Waals surface area contributed by atoms with Crippen LogP contribution in [0.15, 0.2) is 0 Å². The maximum Gasteiger partial charge on any atom is 0.407 e. The van der Waals surface area contributed by atoms with Crippen LogP contribution >= 0.6 is 0 Å². The van der Waals surface area contributed by atoms with Gasteiger partial charge in [-0.3, -0.25) is 0 Å². The van der Waals surface area contributed by atoms with Gasteiger partial charge in [0.2, 0.25) is 0 Å². The minimum atomic E-state index is -1.21. The second-order valence-electron chi connectivity index (χ2n) is 5.77. The first kappa shape index (κ1) is 17.9. The Morgan fingerprint density at radius 2 is 2.05 bits per heavy atom. The summed E-state index contributed by atoms with van der Waals surface area (Å²) in [6.07, 6.45) is -0.819. The number of ether oxygens (including phenoxy) is 2. The zero-order valence-corrected chi connectivity index (χ0v) is 13.4. The number of nitrogens with zero attached hydrogens (tertiary/aromatic N) is 3. The number of carbonyl (C=O) groups excluding carboxylic acids is 1. The fourth-order valence-electron chi connectivity index (χ4n) is 1.61. The smallest absolute Gasteiger partial charge is 0.407 e. The predicted octanol–water partition coefficient (Wildman–Crippen LogP) is 1.04. The van der Waals surface area contributed by atoms with Gasteiger partial charge in [0.05, 0.1) is 24.9 Å². The van der Waals surface area contributed by atoms with Gasteiger partial charge in [-0.25, -0.2) is 14.3 Å². The largest absolute Gasteiger partial charge is 0.476 e. The Balaban J connectivity index is 2.84. The van der Waals surface area contributed by atoms with Crippen LogP contribution in [0.1, 0.15) is 43.9 Å². The highest BCUT2D eigenvalue weighted by Gasteiger charge is 2.22. The Bertz CT molecular complexity index is 535. The van der Waals surface area contributed by atoms with Gasteiger partial charge in [-0.1, -0.05) is 5.21 Å². The summed E-state index contributed by atoms with van der Waals surface area (Å²) >= 11 is 0. The van der Waals surface area contributed by atoms with Gasteiger partial charge in [-0.2, -0.15) is 0 Å². The summed E-state index contributed by atoms with van der Waals surface area (Å²) in [4.78, 5) is 22.8. The van der Waals surface area contributed by atoms with Crippen molar-refractivity contribution in [2.45, 2.75) is 52.5 Å². The molecule has 0 radical (unpaired) electrons. The van der Waals surface area contributed by atoms with Gasteiger partial charge in [0.1, 0.15) is 5.60 Å². The van der Waals surface area contributed by atoms with Crippen LogP contribution in [0.4, 0.5) is 4.79 Å². The lowest BCUT2D eigenvalue weighted by molar-refractivity contribution is 0.0518. The highest BCUT2D eigenvalue weighted by molar-refractivity contribution is 5.86. The summed E-state index contributed by atoms with van der Waals surface area (Å²) in [5.74, 6) is -1.21. The van der Waals surface area contributed by atoms with Crippen LogP contribution in [0.25, 0.3) is 0 Å². The van der Waals surface area contributed by atoms with E-state index in [1.807, 2.05) is 6.92 Å². The quantitative estimate of drug-likeness (QED) is 0.805. The molecule has 0 saturated carbocycles. The summed E-state index contributed by atoms with van der Waals surface area (Å²) in [6, 6.07) is 0. The number of amides is 1. The number of carboxylic acid groups (broad SMARTS) is 1. The molecule has 1 aromatic rings. The van der Waals surface area contributed by atoms with Crippen LogP contribution in [-0.2, 0) is 22.6 Å². The SMILES string of the molecule is COC(C)Cn1nnc(C(=O)O)c1CNC(=O)OC(C)(C)C. The van der Waals surface area contributed by atoms with Crippen molar-refractivity contribution in [1.29, 1.82) is 0 Å². The van der Waals surface area contributed by atoms with Gasteiger partial charge in [0, 0.05) is 7.11 Å². The number of aromatic carboxylic acids is 1. The molecule has 1 aromatic heterocycles. The Hall–Kier alpha value is -2.16. The van der Waals surface area contributed by atoms with E-state index in [-0.39, 0.29) is 24.0 Å². The van der Waals surface area contributed by atoms with E-state index in [2.05, 4.69) is 15.6 Å². The molecule has 0 bridgehead atoms. The van der Waals surface area contributed by atoms with E-state index in [0.29, 0.717) is 6.54 Å². The van der Waals surface area contributed by atoms with Crippen molar-refractivity contribution >= 4 is 12.1 Å². The number of methoxy groups -OCH3 is 1. The number of alkyl carbamates (subject to hydrolysis) is 1. The van der Waals surface area contributed by atoms with E-state index in [4.69, 9.17) is 14.6 Å². The van der Waals surface area contributed by atoms with Gasteiger partial charge >= 0.3 is 12.1 Å². The summed E-state index contributed by atoms with van der Waals surface area (Å²) in [7, 11) is 1.54. The standard InChI is InChI=1S/C13H22N4O5/c1-8(21-5)7-17-9(10(11(18)19)15-16-17)6-14-12(20)22-13(2,3)4/h8H,6-7H2,1-5H3,(H,14,20)(H,18,19). The molecule has 9 nitrogen and oxygen atoms in total. The van der Waals surface area contributed by atoms with Gasteiger partial charge in [0.15, 0.2) is 5.69 Å². The molecule has 1 rings (SSSR count). The third-order valence-electron chi connectivity index (χ3n) is 2.67. The van der Waals surface area contributed by atoms with Gasteiger partial charge in [0.25, 0.3) is 0 Å². The van der Waals surface area contributed by atoms with E-state index in [0.717, 1.165) is 0 Å². The second kappa shape index (κ2) is 7.21. The van der Waals surface area contributed by atoms with Crippen LogP contribution in [0.5, 0.6) is 0 Å². The Morgan fingerprint density at radius 3 is 2.55 bits per heavy atom. The number of hydrogen-bond donors (Lipinski definition) is 2. The minimum absolute atomic E-state index is 0.0556. The molecule has 22 heavy (non-hydrogen) atoms. The summed E-state index contributed by atoms with van der Waals surface area (Å²) in [6.45, 7) is 7.29. The lowest BCUT2D eigenvalue weighted by Gasteiger charge is -2.20. The number of hydrogen-bond acceptors (Lipinski definition) is 6. The summed E-state index contributed by atoms with van der Waals surface area (Å²) in [5.41, 5.74) is -0.565. The first-order valence-electron chi connectivity index (χ1n) is 6.79. The third-order valence-corrected chi connectivity index (χ3v) is 2.67. The molecule has 1 unspecified atom stereocenters. The first-order valence-corrected chi connectivity index (χ1v) is 6.79. The highest BCUT2D eigenvalue weighted by Crippen LogP contribution is 2.10. The van der Waals surface area contributed by atoms with E-state index in [9.17, 15) is 9.59 Å². The van der Waals surface area contributed by atoms with Crippen molar-refractivity contribution < 1.29 is 24.2 Å². The van der Waals surface area contributed by atoms with Crippen molar-refractivity contribution in [3.63, 3.8) is 0 Å². The number of nitrogens with one attached hydrogen (secondary N) is 1. The molecule has 2 N–H and O–H groups in total. The molecular formula is C13H22N4O5. The maximum absolute atomic E-state index is 11.7. The molecule has 124 valence electrons. The molecule has 0 spiro atoms. The molecule has 1 atom stereocenters. The Kier molecular flexibility index (Phi) is 5.86. The van der Waals surface area contributed by atoms with Crippen LogP contribution in [0, 0.1) is 0 Å². The van der Waals surface area contributed by atoms with E-state index in [1.165, 1.54) is 4.68 Å². The van der Waals surface area contributed by atoms with Crippen molar-refractivity contribution in [2.24, 2.45) is 0 Å². The van der Waals surface area contributed by atoms with Crippen LogP contribution in [-0.4, -0.2) is 51.0 Å². The highest BCUT2D eigenvalue weighted by atomic mass is 16.6. The molecule has 0 saturated heterocycles. The Labute approximate surface area is 128 Å². The fourth-order valence-corrected chi connectivity index (χ4v) is 1.61. The fraction of sp³-hybridized carbons (Fsp3) is 0.692. The van der Waals surface area contributed by atoms with Crippen LogP contribution in [0.3, 0.4) is 0 Å². The second-order valence-corrected chi connectivity index (χ2v) is 5.77. The zero-order valence-electron chi connectivity index (χ0n) is 13.4. The van der Waals surface area contributed by atoms with Gasteiger partial charge in [-0.05, 0) is 27.7 Å². The number of carbonyl (C=O) groups is 2. The maximum atomic E-state index is 11.7. The minimum Gasteiger partial charge on any atom is -0.476 e. The molecule has 1 amide bonds. The molecule has 0 aliphatic carbocycles. The summed E-state index contributed by atoms with van der Waals surface area (Å²) < 4.78 is 11.6. The molecule has 0 aromatic carbocycles. The monoisotopic (exact) mass is 314 g/mol. The van der Waals surface area contributed by atoms with E-state index >= 15 is 0 Å². The molecule has 1 heterocycles. The molecule has 0 aliphatic rings. The molecule has 0 aliphatic heterocycles. The van der Waals surface area contributed by atoms with Crippen molar-refractivity contribution in [3.8, 4) is 0 Å².